The monoisotopic (exact) mass is 213 g/mol. The molecule has 3 heteroatoms. The first kappa shape index (κ1) is 11.4. The van der Waals surface area contributed by atoms with E-state index in [4.69, 9.17) is 9.47 Å². The van der Waals surface area contributed by atoms with Crippen molar-refractivity contribution in [2.45, 2.75) is 56.8 Å². The predicted molar refractivity (Wildman–Crippen MR) is 60.0 cm³/mol. The summed E-state index contributed by atoms with van der Waals surface area (Å²) in [5.74, 6) is 0. The summed E-state index contributed by atoms with van der Waals surface area (Å²) in [7, 11) is 1.79. The lowest BCUT2D eigenvalue weighted by Gasteiger charge is -2.55. The van der Waals surface area contributed by atoms with E-state index in [-0.39, 0.29) is 11.2 Å². The maximum Gasteiger partial charge on any atom is 0.0863 e. The van der Waals surface area contributed by atoms with E-state index in [1.54, 1.807) is 7.11 Å². The van der Waals surface area contributed by atoms with Gasteiger partial charge in [-0.15, -0.1) is 0 Å². The molecule has 2 rings (SSSR count). The van der Waals surface area contributed by atoms with Crippen LogP contribution in [0.4, 0.5) is 0 Å². The van der Waals surface area contributed by atoms with Crippen LogP contribution < -0.4 is 5.32 Å². The average Bonchev–Trinajstić information content (AvgIpc) is 2.25. The molecule has 1 heterocycles. The van der Waals surface area contributed by atoms with Gasteiger partial charge < -0.3 is 14.8 Å². The second kappa shape index (κ2) is 4.04. The van der Waals surface area contributed by atoms with Gasteiger partial charge in [0.15, 0.2) is 0 Å². The summed E-state index contributed by atoms with van der Waals surface area (Å²) in [4.78, 5) is 0. The van der Waals surface area contributed by atoms with E-state index in [1.807, 2.05) is 0 Å². The minimum absolute atomic E-state index is 0.0664. The highest BCUT2D eigenvalue weighted by molar-refractivity contribution is 5.04. The largest absolute Gasteiger partial charge is 0.381 e. The van der Waals surface area contributed by atoms with Gasteiger partial charge in [0.05, 0.1) is 17.3 Å². The zero-order chi connectivity index (χ0) is 10.9. The summed E-state index contributed by atoms with van der Waals surface area (Å²) in [6.45, 7) is 6.43. The highest BCUT2D eigenvalue weighted by atomic mass is 16.5. The van der Waals surface area contributed by atoms with E-state index < -0.39 is 0 Å². The van der Waals surface area contributed by atoms with Crippen LogP contribution in [-0.2, 0) is 9.47 Å². The Balaban J connectivity index is 1.99. The molecule has 0 aromatic heterocycles. The molecule has 0 radical (unpaired) electrons. The van der Waals surface area contributed by atoms with Crippen LogP contribution in [0.15, 0.2) is 0 Å². The maximum atomic E-state index is 6.39. The molecular weight excluding hydrogens is 190 g/mol. The summed E-state index contributed by atoms with van der Waals surface area (Å²) in [6, 6.07) is 0. The Hall–Kier alpha value is -0.120. The SMILES string of the molecule is CCC1(CC)CNCC2(CC(OC)C2)O1. The normalized spacial score (nSPS) is 39.0. The van der Waals surface area contributed by atoms with Crippen molar-refractivity contribution in [3.63, 3.8) is 0 Å². The summed E-state index contributed by atoms with van der Waals surface area (Å²) < 4.78 is 11.7. The first-order valence-corrected chi connectivity index (χ1v) is 6.11. The van der Waals surface area contributed by atoms with Crippen LogP contribution >= 0.6 is 0 Å². The lowest BCUT2D eigenvalue weighted by Crippen LogP contribution is -2.66. The fourth-order valence-corrected chi connectivity index (χ4v) is 2.86. The van der Waals surface area contributed by atoms with Gasteiger partial charge in [-0.3, -0.25) is 0 Å². The van der Waals surface area contributed by atoms with Crippen LogP contribution in [-0.4, -0.2) is 37.5 Å². The zero-order valence-electron chi connectivity index (χ0n) is 10.1. The van der Waals surface area contributed by atoms with E-state index in [0.717, 1.165) is 38.8 Å². The van der Waals surface area contributed by atoms with Crippen LogP contribution in [0.25, 0.3) is 0 Å². The molecular formula is C12H23NO2. The third kappa shape index (κ3) is 1.93. The van der Waals surface area contributed by atoms with E-state index >= 15 is 0 Å². The molecule has 2 fully saturated rings. The smallest absolute Gasteiger partial charge is 0.0863 e. The Labute approximate surface area is 92.5 Å². The second-order valence-electron chi connectivity index (χ2n) is 5.04. The quantitative estimate of drug-likeness (QED) is 0.774. The van der Waals surface area contributed by atoms with Crippen LogP contribution in [0.3, 0.4) is 0 Å². The molecule has 0 bridgehead atoms. The van der Waals surface area contributed by atoms with E-state index in [9.17, 15) is 0 Å². The summed E-state index contributed by atoms with van der Waals surface area (Å²) in [6.07, 6.45) is 4.71. The number of nitrogens with one attached hydrogen (secondary N) is 1. The van der Waals surface area contributed by atoms with Crippen molar-refractivity contribution in [2.24, 2.45) is 0 Å². The van der Waals surface area contributed by atoms with Crippen molar-refractivity contribution in [3.8, 4) is 0 Å². The minimum Gasteiger partial charge on any atom is -0.381 e. The van der Waals surface area contributed by atoms with Gasteiger partial charge in [0.25, 0.3) is 0 Å². The molecule has 0 aromatic rings. The lowest BCUT2D eigenvalue weighted by molar-refractivity contribution is -0.243. The Bertz CT molecular complexity index is 220. The van der Waals surface area contributed by atoms with Crippen molar-refractivity contribution >= 4 is 0 Å². The van der Waals surface area contributed by atoms with Crippen molar-refractivity contribution in [1.29, 1.82) is 0 Å². The highest BCUT2D eigenvalue weighted by Crippen LogP contribution is 2.43. The third-order valence-electron chi connectivity index (χ3n) is 4.15. The molecule has 15 heavy (non-hydrogen) atoms. The molecule has 0 atom stereocenters. The standard InChI is InChI=1S/C12H23NO2/c1-4-11(5-2)8-13-9-12(15-11)6-10(7-12)14-3/h10,13H,4-9H2,1-3H3. The van der Waals surface area contributed by atoms with Crippen molar-refractivity contribution in [3.05, 3.63) is 0 Å². The number of hydrogen-bond acceptors (Lipinski definition) is 3. The van der Waals surface area contributed by atoms with E-state index in [0.29, 0.717) is 6.10 Å². The Kier molecular flexibility index (Phi) is 3.06. The second-order valence-corrected chi connectivity index (χ2v) is 5.04. The molecule has 0 unspecified atom stereocenters. The molecule has 1 aliphatic carbocycles. The first-order valence-electron chi connectivity index (χ1n) is 6.11. The Morgan fingerprint density at radius 3 is 2.47 bits per heavy atom. The zero-order valence-corrected chi connectivity index (χ0v) is 10.1. The highest BCUT2D eigenvalue weighted by Gasteiger charge is 2.52. The molecule has 2 aliphatic rings. The fourth-order valence-electron chi connectivity index (χ4n) is 2.86. The molecule has 88 valence electrons. The molecule has 1 saturated carbocycles. The molecule has 1 aliphatic heterocycles. The Morgan fingerprint density at radius 2 is 1.93 bits per heavy atom. The van der Waals surface area contributed by atoms with Crippen LogP contribution in [0.1, 0.15) is 39.5 Å². The molecule has 3 nitrogen and oxygen atoms in total. The minimum atomic E-state index is 0.0664. The number of rotatable bonds is 3. The van der Waals surface area contributed by atoms with Gasteiger partial charge in [-0.2, -0.15) is 0 Å². The maximum absolute atomic E-state index is 6.39. The molecule has 1 N–H and O–H groups in total. The molecule has 1 saturated heterocycles. The van der Waals surface area contributed by atoms with Gasteiger partial charge in [0.1, 0.15) is 0 Å². The van der Waals surface area contributed by atoms with Crippen LogP contribution in [0.5, 0.6) is 0 Å². The summed E-state index contributed by atoms with van der Waals surface area (Å²) in [5.41, 5.74) is 0.141. The van der Waals surface area contributed by atoms with Gasteiger partial charge in [0, 0.05) is 33.0 Å². The lowest BCUT2D eigenvalue weighted by atomic mass is 9.74. The number of hydrogen-bond donors (Lipinski definition) is 1. The number of ether oxygens (including phenoxy) is 2. The summed E-state index contributed by atoms with van der Waals surface area (Å²) >= 11 is 0. The number of methoxy groups -OCH3 is 1. The van der Waals surface area contributed by atoms with Gasteiger partial charge in [-0.1, -0.05) is 13.8 Å². The van der Waals surface area contributed by atoms with E-state index in [2.05, 4.69) is 19.2 Å². The Morgan fingerprint density at radius 1 is 1.27 bits per heavy atom. The predicted octanol–water partition coefficient (Wildman–Crippen LogP) is 1.71. The van der Waals surface area contributed by atoms with Gasteiger partial charge >= 0.3 is 0 Å². The van der Waals surface area contributed by atoms with Crippen molar-refractivity contribution < 1.29 is 9.47 Å². The van der Waals surface area contributed by atoms with Crippen LogP contribution in [0, 0.1) is 0 Å². The van der Waals surface area contributed by atoms with Crippen molar-refractivity contribution in [1.82, 2.24) is 5.32 Å². The molecule has 1 spiro atoms. The topological polar surface area (TPSA) is 30.5 Å². The average molecular weight is 213 g/mol. The van der Waals surface area contributed by atoms with Gasteiger partial charge in [0.2, 0.25) is 0 Å². The van der Waals surface area contributed by atoms with Crippen molar-refractivity contribution in [2.75, 3.05) is 20.2 Å². The van der Waals surface area contributed by atoms with Gasteiger partial charge in [-0.25, -0.2) is 0 Å². The molecule has 0 aromatic carbocycles. The fraction of sp³-hybridized carbons (Fsp3) is 1.00. The first-order chi connectivity index (χ1) is 7.17. The third-order valence-corrected chi connectivity index (χ3v) is 4.15. The van der Waals surface area contributed by atoms with Gasteiger partial charge in [-0.05, 0) is 12.8 Å². The van der Waals surface area contributed by atoms with Crippen LogP contribution in [0.2, 0.25) is 0 Å². The number of morpholine rings is 1. The van der Waals surface area contributed by atoms with E-state index in [1.165, 1.54) is 0 Å². The summed E-state index contributed by atoms with van der Waals surface area (Å²) in [5, 5.41) is 3.53. The molecule has 0 amide bonds.